The first-order valence-electron chi connectivity index (χ1n) is 7.80. The van der Waals surface area contributed by atoms with Crippen LogP contribution in [0, 0.1) is 17.0 Å². The third-order valence-electron chi connectivity index (χ3n) is 4.48. The van der Waals surface area contributed by atoms with Gasteiger partial charge in [0.2, 0.25) is 0 Å². The van der Waals surface area contributed by atoms with E-state index in [1.165, 1.54) is 21.8 Å². The van der Waals surface area contributed by atoms with E-state index in [-0.39, 0.29) is 20.6 Å². The zero-order chi connectivity index (χ0) is 17.8. The molecule has 1 unspecified atom stereocenters. The van der Waals surface area contributed by atoms with Crippen molar-refractivity contribution in [1.82, 2.24) is 0 Å². The first-order valence-corrected chi connectivity index (χ1v) is 9.51. The van der Waals surface area contributed by atoms with Crippen LogP contribution in [0.15, 0.2) is 43.0 Å². The second-order valence-corrected chi connectivity index (χ2v) is 8.69. The maximum absolute atomic E-state index is 11.1. The Labute approximate surface area is 151 Å². The fourth-order valence-corrected chi connectivity index (χ4v) is 5.76. The molecule has 2 heterocycles. The van der Waals surface area contributed by atoms with Crippen LogP contribution in [0.25, 0.3) is 12.2 Å². The molecule has 2 aromatic carbocycles. The van der Waals surface area contributed by atoms with E-state index in [9.17, 15) is 10.1 Å². The van der Waals surface area contributed by atoms with Crippen molar-refractivity contribution in [3.63, 3.8) is 0 Å². The molecule has 2 aliphatic heterocycles. The zero-order valence-electron chi connectivity index (χ0n) is 13.9. The van der Waals surface area contributed by atoms with Gasteiger partial charge in [-0.25, -0.2) is 0 Å². The van der Waals surface area contributed by atoms with E-state index in [2.05, 4.69) is 36.6 Å². The molecule has 2 aromatic rings. The number of fused-ring (bicyclic) bond motifs is 2. The number of benzene rings is 2. The topological polar surface area (TPSA) is 55.6 Å². The van der Waals surface area contributed by atoms with Crippen molar-refractivity contribution in [3.8, 4) is 5.75 Å². The average molecular weight is 399 g/mol. The Morgan fingerprint density at radius 2 is 2.16 bits per heavy atom. The SMILES string of the molecule is C=Cc1cc([N+](=O)[O-])cc2c1OC1(C=C2)[Se]c2ccc(C)cc2N1C. The van der Waals surface area contributed by atoms with Crippen molar-refractivity contribution in [2.45, 2.75) is 11.5 Å². The molecule has 0 saturated carbocycles. The molecule has 0 N–H and O–H groups in total. The van der Waals surface area contributed by atoms with Crippen LogP contribution in [0.5, 0.6) is 5.75 Å². The normalized spacial score (nSPS) is 20.2. The summed E-state index contributed by atoms with van der Waals surface area (Å²) in [5, 5.41) is 11.1. The molecule has 126 valence electrons. The molecule has 4 rings (SSSR count). The summed E-state index contributed by atoms with van der Waals surface area (Å²) in [5.41, 5.74) is 3.79. The molecule has 1 spiro atoms. The molecule has 0 radical (unpaired) electrons. The van der Waals surface area contributed by atoms with Gasteiger partial charge in [-0.15, -0.1) is 0 Å². The van der Waals surface area contributed by atoms with Crippen LogP contribution in [0.4, 0.5) is 11.4 Å². The van der Waals surface area contributed by atoms with Gasteiger partial charge >= 0.3 is 152 Å². The number of nitrogens with zero attached hydrogens (tertiary/aromatic N) is 2. The number of non-ortho nitro benzene ring substituents is 1. The Morgan fingerprint density at radius 1 is 1.36 bits per heavy atom. The second kappa shape index (κ2) is 5.48. The molecule has 0 fully saturated rings. The summed E-state index contributed by atoms with van der Waals surface area (Å²) in [5.74, 6) is 0.654. The molecular formula is C19H16N2O3Se. The Morgan fingerprint density at radius 3 is 2.88 bits per heavy atom. The van der Waals surface area contributed by atoms with Crippen LogP contribution in [-0.4, -0.2) is 31.6 Å². The number of aryl methyl sites for hydroxylation is 1. The summed E-state index contributed by atoms with van der Waals surface area (Å²) in [6.07, 6.45) is 5.55. The van der Waals surface area contributed by atoms with Crippen LogP contribution in [0.2, 0.25) is 0 Å². The number of hydrogen-bond donors (Lipinski definition) is 0. The first kappa shape index (κ1) is 15.9. The number of anilines is 1. The fraction of sp³-hybridized carbons (Fsp3) is 0.158. The van der Waals surface area contributed by atoms with E-state index in [0.29, 0.717) is 16.9 Å². The summed E-state index contributed by atoms with van der Waals surface area (Å²) in [6, 6.07) is 9.50. The number of nitro groups is 1. The van der Waals surface area contributed by atoms with Gasteiger partial charge in [0.25, 0.3) is 0 Å². The van der Waals surface area contributed by atoms with Gasteiger partial charge in [0, 0.05) is 0 Å². The molecule has 0 aromatic heterocycles. The van der Waals surface area contributed by atoms with Crippen LogP contribution >= 0.6 is 0 Å². The average Bonchev–Trinajstić information content (AvgIpc) is 2.86. The summed E-state index contributed by atoms with van der Waals surface area (Å²) >= 11 is 0.0548. The molecule has 2 aliphatic rings. The third-order valence-corrected chi connectivity index (χ3v) is 7.32. The van der Waals surface area contributed by atoms with Crippen LogP contribution in [0.3, 0.4) is 0 Å². The van der Waals surface area contributed by atoms with Gasteiger partial charge in [0.05, 0.1) is 0 Å². The predicted molar refractivity (Wildman–Crippen MR) is 101 cm³/mol. The Bertz CT molecular complexity index is 954. The van der Waals surface area contributed by atoms with E-state index < -0.39 is 9.55 Å². The quantitative estimate of drug-likeness (QED) is 0.443. The monoisotopic (exact) mass is 400 g/mol. The van der Waals surface area contributed by atoms with Gasteiger partial charge in [-0.3, -0.25) is 0 Å². The number of ether oxygens (including phenoxy) is 1. The molecule has 6 heteroatoms. The number of likely N-dealkylation sites (N-methyl/N-ethyl adjacent to an activating group) is 1. The zero-order valence-corrected chi connectivity index (χ0v) is 15.6. The maximum atomic E-state index is 11.1. The van der Waals surface area contributed by atoms with Crippen LogP contribution < -0.4 is 14.1 Å². The van der Waals surface area contributed by atoms with E-state index in [4.69, 9.17) is 4.74 Å². The van der Waals surface area contributed by atoms with E-state index in [1.807, 2.05) is 19.2 Å². The molecule has 25 heavy (non-hydrogen) atoms. The minimum absolute atomic E-state index is 0.0436. The summed E-state index contributed by atoms with van der Waals surface area (Å²) in [6.45, 7) is 5.87. The van der Waals surface area contributed by atoms with Gasteiger partial charge in [-0.1, -0.05) is 0 Å². The van der Waals surface area contributed by atoms with Crippen molar-refractivity contribution in [2.24, 2.45) is 0 Å². The molecule has 1 atom stereocenters. The Hall–Kier alpha value is -2.56. The standard InChI is InChI=1S/C19H16N2O3Se/c1-4-13-10-15(21(22)23)11-14-7-8-19(24-18(13)14)20(3)16-9-12(2)5-6-17(16)25-19/h4-11H,1H2,2-3H3. The van der Waals surface area contributed by atoms with Crippen LogP contribution in [-0.2, 0) is 0 Å². The number of rotatable bonds is 2. The van der Waals surface area contributed by atoms with E-state index in [0.717, 1.165) is 0 Å². The number of nitro benzene ring substituents is 1. The van der Waals surface area contributed by atoms with Crippen LogP contribution in [0.1, 0.15) is 16.7 Å². The van der Waals surface area contributed by atoms with Gasteiger partial charge < -0.3 is 0 Å². The Kier molecular flexibility index (Phi) is 3.49. The molecule has 0 bridgehead atoms. The van der Waals surface area contributed by atoms with Gasteiger partial charge in [-0.2, -0.15) is 0 Å². The predicted octanol–water partition coefficient (Wildman–Crippen LogP) is 3.09. The molecule has 0 saturated heterocycles. The van der Waals surface area contributed by atoms with Crippen molar-refractivity contribution in [3.05, 3.63) is 69.8 Å². The summed E-state index contributed by atoms with van der Waals surface area (Å²) in [4.78, 5) is 12.9. The summed E-state index contributed by atoms with van der Waals surface area (Å²) < 4.78 is 7.18. The third kappa shape index (κ3) is 2.37. The molecule has 0 aliphatic carbocycles. The fourth-order valence-electron chi connectivity index (χ4n) is 3.14. The molecular weight excluding hydrogens is 383 g/mol. The van der Waals surface area contributed by atoms with Crippen molar-refractivity contribution >= 4 is 42.9 Å². The van der Waals surface area contributed by atoms with Crippen molar-refractivity contribution < 1.29 is 9.66 Å². The van der Waals surface area contributed by atoms with Crippen molar-refractivity contribution in [2.75, 3.05) is 11.9 Å². The van der Waals surface area contributed by atoms with Gasteiger partial charge in [-0.05, 0) is 0 Å². The van der Waals surface area contributed by atoms with Gasteiger partial charge in [0.15, 0.2) is 0 Å². The molecule has 0 amide bonds. The second-order valence-electron chi connectivity index (χ2n) is 6.11. The minimum atomic E-state index is -0.552. The molecule has 5 nitrogen and oxygen atoms in total. The van der Waals surface area contributed by atoms with Crippen molar-refractivity contribution in [1.29, 1.82) is 0 Å². The van der Waals surface area contributed by atoms with E-state index in [1.54, 1.807) is 12.1 Å². The Balaban J connectivity index is 1.81. The van der Waals surface area contributed by atoms with Gasteiger partial charge in [0.1, 0.15) is 0 Å². The summed E-state index contributed by atoms with van der Waals surface area (Å²) in [7, 11) is 2.03. The number of hydrogen-bond acceptors (Lipinski definition) is 4. The first-order chi connectivity index (χ1) is 11.9. The van der Waals surface area contributed by atoms with E-state index >= 15 is 0 Å².